The highest BCUT2D eigenvalue weighted by atomic mass is 16.5. The molecule has 0 saturated heterocycles. The first-order valence-electron chi connectivity index (χ1n) is 11.6. The molecule has 3 nitrogen and oxygen atoms in total. The molecule has 34 heavy (non-hydrogen) atoms. The fourth-order valence-corrected chi connectivity index (χ4v) is 3.71. The molecule has 4 aromatic carbocycles. The molecule has 173 valence electrons. The van der Waals surface area contributed by atoms with Gasteiger partial charge in [-0.05, 0) is 40.7 Å². The Morgan fingerprint density at radius 2 is 0.941 bits per heavy atom. The summed E-state index contributed by atoms with van der Waals surface area (Å²) in [6.07, 6.45) is 0.810. The molecule has 4 aromatic rings. The molecule has 0 bridgehead atoms. The number of rotatable bonds is 11. The lowest BCUT2D eigenvalue weighted by molar-refractivity contribution is 0.228. The first-order chi connectivity index (χ1) is 16.7. The predicted octanol–water partition coefficient (Wildman–Crippen LogP) is 7.58. The van der Waals surface area contributed by atoms with Gasteiger partial charge in [0.1, 0.15) is 19.8 Å². The first kappa shape index (κ1) is 23.4. The number of hydrogen-bond donors (Lipinski definition) is 0. The van der Waals surface area contributed by atoms with Gasteiger partial charge in [-0.2, -0.15) is 0 Å². The third kappa shape index (κ3) is 6.64. The van der Waals surface area contributed by atoms with Crippen LogP contribution in [-0.4, -0.2) is 0 Å². The summed E-state index contributed by atoms with van der Waals surface area (Å²) in [5, 5.41) is 0. The van der Waals surface area contributed by atoms with Crippen molar-refractivity contribution >= 4 is 0 Å². The molecule has 1 radical (unpaired) electrons. The van der Waals surface area contributed by atoms with Crippen LogP contribution in [-0.2, 0) is 26.2 Å². The summed E-state index contributed by atoms with van der Waals surface area (Å²) in [6.45, 7) is 5.61. The van der Waals surface area contributed by atoms with E-state index in [0.29, 0.717) is 31.3 Å². The molecule has 3 heteroatoms. The van der Waals surface area contributed by atoms with Crippen molar-refractivity contribution in [2.75, 3.05) is 0 Å². The molecule has 0 aliphatic carbocycles. The Labute approximate surface area is 202 Å². The van der Waals surface area contributed by atoms with Crippen LogP contribution in [0.2, 0.25) is 0 Å². The monoisotopic (exact) mass is 451 g/mol. The molecule has 0 fully saturated rings. The molecular formula is C31H31O3. The lowest BCUT2D eigenvalue weighted by Crippen LogP contribution is -2.07. The predicted molar refractivity (Wildman–Crippen MR) is 137 cm³/mol. The number of hydrogen-bond acceptors (Lipinski definition) is 3. The van der Waals surface area contributed by atoms with Gasteiger partial charge in [-0.15, -0.1) is 0 Å². The van der Waals surface area contributed by atoms with Gasteiger partial charge in [0.15, 0.2) is 11.5 Å². The summed E-state index contributed by atoms with van der Waals surface area (Å²) in [4.78, 5) is 0. The van der Waals surface area contributed by atoms with Gasteiger partial charge in [-0.25, -0.2) is 0 Å². The van der Waals surface area contributed by atoms with Crippen molar-refractivity contribution in [1.82, 2.24) is 0 Å². The molecule has 0 spiro atoms. The molecule has 4 rings (SSSR count). The van der Waals surface area contributed by atoms with Gasteiger partial charge in [0.2, 0.25) is 5.75 Å². The lowest BCUT2D eigenvalue weighted by atomic mass is 10.0. The standard InChI is InChI=1S/C31H31O3/c1-24(2)20-28-18-19-29(32-21-25-12-6-3-7-13-25)31(34-23-27-16-10-5-11-17-27)30(28)33-22-26-14-8-4-9-15-26/h3-19H,20-23H2,1-2H3. The zero-order valence-corrected chi connectivity index (χ0v) is 19.9. The first-order valence-corrected chi connectivity index (χ1v) is 11.6. The van der Waals surface area contributed by atoms with E-state index in [9.17, 15) is 0 Å². The number of benzene rings is 4. The minimum absolute atomic E-state index is 0.433. The van der Waals surface area contributed by atoms with E-state index in [4.69, 9.17) is 14.2 Å². The normalized spacial score (nSPS) is 10.8. The summed E-state index contributed by atoms with van der Waals surface area (Å²) >= 11 is 0. The molecule has 0 amide bonds. The second-order valence-electron chi connectivity index (χ2n) is 8.59. The smallest absolute Gasteiger partial charge is 0.204 e. The average molecular weight is 452 g/mol. The maximum atomic E-state index is 6.42. The zero-order valence-electron chi connectivity index (χ0n) is 19.9. The minimum atomic E-state index is 0.433. The third-order valence-corrected chi connectivity index (χ3v) is 5.39. The van der Waals surface area contributed by atoms with E-state index < -0.39 is 0 Å². The van der Waals surface area contributed by atoms with Crippen molar-refractivity contribution in [2.24, 2.45) is 0 Å². The van der Waals surface area contributed by atoms with Crippen LogP contribution in [0.1, 0.15) is 36.1 Å². The van der Waals surface area contributed by atoms with E-state index in [0.717, 1.165) is 34.4 Å². The van der Waals surface area contributed by atoms with E-state index in [-0.39, 0.29) is 0 Å². The molecule has 0 aliphatic rings. The van der Waals surface area contributed by atoms with Gasteiger partial charge in [-0.1, -0.05) is 111 Å². The molecule has 0 heterocycles. The summed E-state index contributed by atoms with van der Waals surface area (Å²) in [6, 6.07) is 34.6. The summed E-state index contributed by atoms with van der Waals surface area (Å²) in [7, 11) is 0. The maximum Gasteiger partial charge on any atom is 0.204 e. The van der Waals surface area contributed by atoms with E-state index >= 15 is 0 Å². The molecule has 0 N–H and O–H groups in total. The van der Waals surface area contributed by atoms with Crippen LogP contribution >= 0.6 is 0 Å². The van der Waals surface area contributed by atoms with Crippen molar-refractivity contribution in [3.05, 3.63) is 131 Å². The highest BCUT2D eigenvalue weighted by molar-refractivity contribution is 5.56. The van der Waals surface area contributed by atoms with Crippen LogP contribution < -0.4 is 14.2 Å². The third-order valence-electron chi connectivity index (χ3n) is 5.39. The van der Waals surface area contributed by atoms with Crippen LogP contribution in [0.3, 0.4) is 0 Å². The topological polar surface area (TPSA) is 27.7 Å². The van der Waals surface area contributed by atoms with Gasteiger partial charge in [0, 0.05) is 0 Å². The van der Waals surface area contributed by atoms with Crippen LogP contribution in [0.15, 0.2) is 103 Å². The maximum absolute atomic E-state index is 6.42. The quantitative estimate of drug-likeness (QED) is 0.235. The van der Waals surface area contributed by atoms with Gasteiger partial charge < -0.3 is 14.2 Å². The fourth-order valence-electron chi connectivity index (χ4n) is 3.71. The molecular weight excluding hydrogens is 420 g/mol. The SMILES string of the molecule is C[C](C)Cc1ccc(OCc2ccccc2)c(OCc2ccccc2)c1OCc1ccccc1. The van der Waals surface area contributed by atoms with Gasteiger partial charge in [-0.3, -0.25) is 0 Å². The van der Waals surface area contributed by atoms with E-state index in [1.807, 2.05) is 60.7 Å². The van der Waals surface area contributed by atoms with Crippen molar-refractivity contribution < 1.29 is 14.2 Å². The Bertz CT molecular complexity index is 1140. The highest BCUT2D eigenvalue weighted by Gasteiger charge is 2.19. The summed E-state index contributed by atoms with van der Waals surface area (Å²) in [5.74, 6) is 3.37. The minimum Gasteiger partial charge on any atom is -0.485 e. The average Bonchev–Trinajstić information content (AvgIpc) is 2.87. The highest BCUT2D eigenvalue weighted by Crippen LogP contribution is 2.42. The zero-order chi connectivity index (χ0) is 23.6. The van der Waals surface area contributed by atoms with Crippen LogP contribution in [0, 0.1) is 5.92 Å². The van der Waals surface area contributed by atoms with Crippen molar-refractivity contribution in [2.45, 2.75) is 40.1 Å². The summed E-state index contributed by atoms with van der Waals surface area (Å²) < 4.78 is 19.1. The van der Waals surface area contributed by atoms with E-state index in [1.54, 1.807) is 0 Å². The lowest BCUT2D eigenvalue weighted by Gasteiger charge is -2.21. The molecule has 0 atom stereocenters. The van der Waals surface area contributed by atoms with Crippen LogP contribution in [0.25, 0.3) is 0 Å². The van der Waals surface area contributed by atoms with Gasteiger partial charge >= 0.3 is 0 Å². The Kier molecular flexibility index (Phi) is 8.23. The van der Waals surface area contributed by atoms with E-state index in [2.05, 4.69) is 56.3 Å². The van der Waals surface area contributed by atoms with Crippen LogP contribution in [0.5, 0.6) is 17.2 Å². The molecule has 0 unspecified atom stereocenters. The van der Waals surface area contributed by atoms with E-state index in [1.165, 1.54) is 5.92 Å². The molecule has 0 aromatic heterocycles. The van der Waals surface area contributed by atoms with Crippen molar-refractivity contribution in [3.63, 3.8) is 0 Å². The van der Waals surface area contributed by atoms with Gasteiger partial charge in [0.05, 0.1) is 0 Å². The Balaban J connectivity index is 1.66. The molecule has 0 aliphatic heterocycles. The molecule has 0 saturated carbocycles. The Morgan fingerprint density at radius 3 is 1.41 bits per heavy atom. The van der Waals surface area contributed by atoms with Gasteiger partial charge in [0.25, 0.3) is 0 Å². The van der Waals surface area contributed by atoms with Crippen molar-refractivity contribution in [1.29, 1.82) is 0 Å². The van der Waals surface area contributed by atoms with Crippen molar-refractivity contribution in [3.8, 4) is 17.2 Å². The van der Waals surface area contributed by atoms with Crippen LogP contribution in [0.4, 0.5) is 0 Å². The second-order valence-corrected chi connectivity index (χ2v) is 8.59. The fraction of sp³-hybridized carbons (Fsp3) is 0.194. The Morgan fingerprint density at radius 1 is 0.500 bits per heavy atom. The Hall–Kier alpha value is -3.72. The largest absolute Gasteiger partial charge is 0.485 e. The second kappa shape index (κ2) is 11.9. The number of ether oxygens (including phenoxy) is 3. The summed E-state index contributed by atoms with van der Waals surface area (Å²) in [5.41, 5.74) is 4.39.